The molecule has 1 aromatic carbocycles. The molecule has 122 valence electrons. The number of methoxy groups -OCH3 is 1. The molecule has 0 unspecified atom stereocenters. The van der Waals surface area contributed by atoms with Crippen LogP contribution in [0.4, 0.5) is 0 Å². The van der Waals surface area contributed by atoms with Crippen molar-refractivity contribution in [3.63, 3.8) is 0 Å². The minimum atomic E-state index is -4.42. The molecule has 0 saturated heterocycles. The Morgan fingerprint density at radius 2 is 2.00 bits per heavy atom. The fraction of sp³-hybridized carbons (Fsp3) is 0.385. The van der Waals surface area contributed by atoms with E-state index in [2.05, 4.69) is 5.32 Å². The van der Waals surface area contributed by atoms with E-state index in [0.717, 1.165) is 0 Å². The van der Waals surface area contributed by atoms with Crippen LogP contribution in [0, 0.1) is 0 Å². The Balaban J connectivity index is 0.00000484. The van der Waals surface area contributed by atoms with Crippen LogP contribution in [0.15, 0.2) is 18.2 Å². The first-order valence-electron chi connectivity index (χ1n) is 6.21. The monoisotopic (exact) mass is 353 g/mol. The molecule has 0 radical (unpaired) electrons. The number of aliphatic carboxylic acids is 1. The number of hydrogen-bond acceptors (Lipinski definition) is 6. The summed E-state index contributed by atoms with van der Waals surface area (Å²) in [4.78, 5) is 22.1. The number of carbonyl (C=O) groups excluding carboxylic acids is 1. The molecule has 0 aromatic heterocycles. The van der Waals surface area contributed by atoms with Crippen molar-refractivity contribution in [2.24, 2.45) is 0 Å². The molecule has 0 aliphatic carbocycles. The molecule has 0 saturated carbocycles. The van der Waals surface area contributed by atoms with Crippen molar-refractivity contribution in [1.29, 1.82) is 0 Å². The first kappa shape index (κ1) is 21.9. The number of carboxylic acids is 1. The van der Waals surface area contributed by atoms with E-state index in [4.69, 9.17) is 9.84 Å². The van der Waals surface area contributed by atoms with Crippen LogP contribution in [0.3, 0.4) is 0 Å². The zero-order valence-corrected chi connectivity index (χ0v) is 15.8. The average Bonchev–Trinajstić information content (AvgIpc) is 2.37. The quantitative estimate of drug-likeness (QED) is 0.391. The number of carboxylic acid groups (broad SMARTS) is 1. The molecule has 1 amide bonds. The molecule has 10 heteroatoms. The maximum atomic E-state index is 11.1. The van der Waals surface area contributed by atoms with Gasteiger partial charge in [-0.2, -0.15) is 0 Å². The molecule has 1 rings (SSSR count). The van der Waals surface area contributed by atoms with Crippen LogP contribution in [-0.4, -0.2) is 43.1 Å². The van der Waals surface area contributed by atoms with Gasteiger partial charge in [-0.25, -0.2) is 13.2 Å². The maximum Gasteiger partial charge on any atom is 1.00 e. The van der Waals surface area contributed by atoms with Crippen LogP contribution in [0.2, 0.25) is 0 Å². The molecule has 1 aromatic rings. The molecule has 0 bridgehead atoms. The Morgan fingerprint density at radius 1 is 1.39 bits per heavy atom. The molecule has 0 aliphatic rings. The van der Waals surface area contributed by atoms with Gasteiger partial charge in [-0.05, 0) is 17.2 Å². The minimum absolute atomic E-state index is 0. The van der Waals surface area contributed by atoms with E-state index in [-0.39, 0.29) is 47.3 Å². The smallest absolute Gasteiger partial charge is 0.748 e. The number of benzene rings is 1. The molecule has 8 nitrogen and oxygen atoms in total. The second-order valence-corrected chi connectivity index (χ2v) is 6.05. The van der Waals surface area contributed by atoms with Gasteiger partial charge in [-0.1, -0.05) is 12.1 Å². The van der Waals surface area contributed by atoms with E-state index in [1.807, 2.05) is 0 Å². The first-order valence-corrected chi connectivity index (χ1v) is 7.79. The van der Waals surface area contributed by atoms with Gasteiger partial charge in [-0.15, -0.1) is 0 Å². The molecule has 0 spiro atoms. The van der Waals surface area contributed by atoms with Gasteiger partial charge in [0.2, 0.25) is 5.91 Å². The molecular weight excluding hydrogens is 337 g/mol. The molecular formula is C13H16NNaO7S. The Morgan fingerprint density at radius 3 is 2.43 bits per heavy atom. The van der Waals surface area contributed by atoms with Crippen molar-refractivity contribution >= 4 is 22.0 Å². The van der Waals surface area contributed by atoms with Gasteiger partial charge < -0.3 is 19.7 Å². The van der Waals surface area contributed by atoms with E-state index in [0.29, 0.717) is 5.56 Å². The molecule has 0 aliphatic heterocycles. The topological polar surface area (TPSA) is 133 Å². The van der Waals surface area contributed by atoms with Crippen LogP contribution < -0.4 is 39.6 Å². The second-order valence-electron chi connectivity index (χ2n) is 4.64. The third-order valence-electron chi connectivity index (χ3n) is 2.79. The van der Waals surface area contributed by atoms with Gasteiger partial charge in [0.1, 0.15) is 11.8 Å². The molecule has 2 N–H and O–H groups in total. The van der Waals surface area contributed by atoms with Crippen LogP contribution in [0.25, 0.3) is 0 Å². The molecule has 0 fully saturated rings. The van der Waals surface area contributed by atoms with Crippen molar-refractivity contribution in [3.05, 3.63) is 29.3 Å². The standard InChI is InChI=1S/C13H17NO7S.Na/c1-8(15)14-11(13(16)17)6-10-4-3-9(5-12(10)21-2)7-22(18,19)20;/h3-5,11H,6-7H2,1-2H3,(H,14,15)(H,16,17)(H,18,19,20);/q;+1/p-1/t11-;/m0./s1. The Hall–Kier alpha value is -1.13. The van der Waals surface area contributed by atoms with E-state index < -0.39 is 33.8 Å². The third kappa shape index (κ3) is 7.80. The summed E-state index contributed by atoms with van der Waals surface area (Å²) in [6, 6.07) is 3.09. The zero-order chi connectivity index (χ0) is 16.9. The number of nitrogens with one attached hydrogen (secondary N) is 1. The largest absolute Gasteiger partial charge is 1.00 e. The van der Waals surface area contributed by atoms with E-state index in [1.165, 1.54) is 32.2 Å². The summed E-state index contributed by atoms with van der Waals surface area (Å²) in [5.74, 6) is -2.13. The Bertz CT molecular complexity index is 675. The average molecular weight is 353 g/mol. The van der Waals surface area contributed by atoms with Gasteiger partial charge in [-0.3, -0.25) is 4.79 Å². The summed E-state index contributed by atoms with van der Waals surface area (Å²) in [5.41, 5.74) is 0.706. The predicted molar refractivity (Wildman–Crippen MR) is 75.3 cm³/mol. The summed E-state index contributed by atoms with van der Waals surface area (Å²) >= 11 is 0. The summed E-state index contributed by atoms with van der Waals surface area (Å²) in [6.07, 6.45) is -0.0392. The fourth-order valence-electron chi connectivity index (χ4n) is 1.92. The van der Waals surface area contributed by atoms with Gasteiger partial charge in [0.25, 0.3) is 0 Å². The number of ether oxygens (including phenoxy) is 1. The summed E-state index contributed by atoms with van der Waals surface area (Å²) in [5, 5.41) is 11.4. The van der Waals surface area contributed by atoms with Crippen LogP contribution in [0.5, 0.6) is 5.75 Å². The van der Waals surface area contributed by atoms with Crippen LogP contribution in [0.1, 0.15) is 18.1 Å². The van der Waals surface area contributed by atoms with Crippen molar-refractivity contribution in [1.82, 2.24) is 5.32 Å². The first-order chi connectivity index (χ1) is 10.1. The van der Waals surface area contributed by atoms with Crippen LogP contribution >= 0.6 is 0 Å². The van der Waals surface area contributed by atoms with Crippen molar-refractivity contribution in [2.45, 2.75) is 25.1 Å². The number of rotatable bonds is 7. The van der Waals surface area contributed by atoms with Gasteiger partial charge in [0.15, 0.2) is 0 Å². The number of carbonyl (C=O) groups is 2. The minimum Gasteiger partial charge on any atom is -0.748 e. The van der Waals surface area contributed by atoms with E-state index >= 15 is 0 Å². The molecule has 0 heterocycles. The zero-order valence-electron chi connectivity index (χ0n) is 13.0. The van der Waals surface area contributed by atoms with Crippen molar-refractivity contribution in [2.75, 3.05) is 7.11 Å². The third-order valence-corrected chi connectivity index (χ3v) is 3.48. The summed E-state index contributed by atoms with van der Waals surface area (Å²) in [6.45, 7) is 1.20. The fourth-order valence-corrected chi connectivity index (χ4v) is 2.50. The summed E-state index contributed by atoms with van der Waals surface area (Å²) in [7, 11) is -3.09. The van der Waals surface area contributed by atoms with Crippen molar-refractivity contribution in [3.8, 4) is 5.75 Å². The van der Waals surface area contributed by atoms with E-state index in [1.54, 1.807) is 0 Å². The number of amides is 1. The predicted octanol–water partition coefficient (Wildman–Crippen LogP) is -3.12. The van der Waals surface area contributed by atoms with E-state index in [9.17, 15) is 22.6 Å². The summed E-state index contributed by atoms with van der Waals surface area (Å²) < 4.78 is 37.3. The second kappa shape index (κ2) is 9.24. The Labute approximate surface area is 156 Å². The molecule has 23 heavy (non-hydrogen) atoms. The van der Waals surface area contributed by atoms with Gasteiger partial charge in [0, 0.05) is 13.3 Å². The van der Waals surface area contributed by atoms with Gasteiger partial charge >= 0.3 is 35.5 Å². The normalized spacial score (nSPS) is 12.0. The van der Waals surface area contributed by atoms with Crippen LogP contribution in [-0.2, 0) is 31.9 Å². The van der Waals surface area contributed by atoms with Gasteiger partial charge in [0.05, 0.1) is 23.0 Å². The maximum absolute atomic E-state index is 11.1. The molecule has 1 atom stereocenters. The Kier molecular flexibility index (Phi) is 8.78. The number of hydrogen-bond donors (Lipinski definition) is 2. The van der Waals surface area contributed by atoms with Crippen molar-refractivity contribution < 1.29 is 62.0 Å². The SMILES string of the molecule is COc1cc(CS(=O)(=O)[O-])ccc1C[C@H](NC(C)=O)C(=O)O.[Na+].